The molecule has 56 heavy (non-hydrogen) atoms. The maximum atomic E-state index is 6.37. The van der Waals surface area contributed by atoms with Crippen LogP contribution in [0.15, 0.2) is 151 Å². The lowest BCUT2D eigenvalue weighted by atomic mass is 9.79. The van der Waals surface area contributed by atoms with Crippen LogP contribution in [-0.2, 0) is 23.0 Å². The Balaban J connectivity index is 1.02. The van der Waals surface area contributed by atoms with Gasteiger partial charge < -0.3 is 9.30 Å². The number of rotatable bonds is 2. The minimum absolute atomic E-state index is 0.191. The van der Waals surface area contributed by atoms with E-state index < -0.39 is 0 Å². The third kappa shape index (κ3) is 4.39. The van der Waals surface area contributed by atoms with Crippen molar-refractivity contribution in [1.82, 2.24) is 4.57 Å². The van der Waals surface area contributed by atoms with Crippen LogP contribution in [0.25, 0.3) is 77.4 Å². The van der Waals surface area contributed by atoms with E-state index in [9.17, 15) is 0 Å². The molecule has 4 aliphatic rings. The van der Waals surface area contributed by atoms with E-state index in [1.54, 1.807) is 0 Å². The maximum absolute atomic E-state index is 6.37. The molecule has 12 rings (SSSR count). The van der Waals surface area contributed by atoms with Gasteiger partial charge in [-0.25, -0.2) is 0 Å². The molecule has 3 aliphatic carbocycles. The normalized spacial score (nSPS) is 16.6. The number of allylic oxidation sites excluding steroid dienone is 6. The molecule has 1 aliphatic heterocycles. The van der Waals surface area contributed by atoms with Gasteiger partial charge >= 0.3 is 0 Å². The summed E-state index contributed by atoms with van der Waals surface area (Å²) < 4.78 is 8.91. The number of para-hydroxylation sites is 1. The number of fused-ring (bicyclic) bond motifs is 16. The lowest BCUT2D eigenvalue weighted by Crippen LogP contribution is -2.17. The van der Waals surface area contributed by atoms with Crippen LogP contribution in [-0.4, -0.2) is 11.2 Å². The molecule has 0 fully saturated rings. The first-order valence-corrected chi connectivity index (χ1v) is 20.2. The molecule has 0 radical (unpaired) electrons. The van der Waals surface area contributed by atoms with Gasteiger partial charge in [0, 0.05) is 33.9 Å². The van der Waals surface area contributed by atoms with Gasteiger partial charge in [-0.2, -0.15) is 0 Å². The molecule has 1 aromatic heterocycles. The van der Waals surface area contributed by atoms with Gasteiger partial charge in [0.15, 0.2) is 0 Å². The van der Waals surface area contributed by atoms with Gasteiger partial charge in [0.1, 0.15) is 5.76 Å². The van der Waals surface area contributed by atoms with Crippen molar-refractivity contribution in [2.24, 2.45) is 0 Å². The monoisotopic (exact) mass is 719 g/mol. The molecule has 0 N–H and O–H groups in total. The van der Waals surface area contributed by atoms with Crippen LogP contribution in [0.1, 0.15) is 65.6 Å². The van der Waals surface area contributed by atoms with Crippen molar-refractivity contribution < 1.29 is 4.74 Å². The Bertz CT molecular complexity index is 3140. The summed E-state index contributed by atoms with van der Waals surface area (Å²) in [6.07, 6.45) is 15.5. The maximum Gasteiger partial charge on any atom is 0.122 e. The predicted molar refractivity (Wildman–Crippen MR) is 235 cm³/mol. The van der Waals surface area contributed by atoms with Gasteiger partial charge in [0.2, 0.25) is 0 Å². The minimum Gasteiger partial charge on any atom is -0.493 e. The second-order valence-corrected chi connectivity index (χ2v) is 16.5. The molecule has 7 aromatic carbocycles. The highest BCUT2D eigenvalue weighted by Crippen LogP contribution is 2.56. The van der Waals surface area contributed by atoms with E-state index in [2.05, 4.69) is 170 Å². The van der Waals surface area contributed by atoms with Gasteiger partial charge in [-0.15, -0.1) is 0 Å². The Morgan fingerprint density at radius 3 is 2.21 bits per heavy atom. The number of hydrogen-bond donors (Lipinski definition) is 0. The fraction of sp³-hybridized carbons (Fsp3) is 0.148. The van der Waals surface area contributed by atoms with Crippen LogP contribution in [0.2, 0.25) is 0 Å². The first-order chi connectivity index (χ1) is 27.6. The number of ether oxygens (including phenoxy) is 1. The molecule has 0 amide bonds. The number of hydrogen-bond acceptors (Lipinski definition) is 1. The predicted octanol–water partition coefficient (Wildman–Crippen LogP) is 13.7. The average Bonchev–Trinajstić information content (AvgIpc) is 3.45. The van der Waals surface area contributed by atoms with Gasteiger partial charge in [-0.1, -0.05) is 141 Å². The molecule has 0 spiro atoms. The topological polar surface area (TPSA) is 14.2 Å². The Hall–Kier alpha value is -6.38. The Labute approximate surface area is 327 Å². The van der Waals surface area contributed by atoms with Gasteiger partial charge in [0.25, 0.3) is 0 Å². The molecular weight excluding hydrogens is 679 g/mol. The van der Waals surface area contributed by atoms with E-state index in [0.717, 1.165) is 38.0 Å². The summed E-state index contributed by atoms with van der Waals surface area (Å²) >= 11 is 0. The summed E-state index contributed by atoms with van der Waals surface area (Å²) in [7, 11) is 0. The third-order valence-corrected chi connectivity index (χ3v) is 13.3. The van der Waals surface area contributed by atoms with Crippen LogP contribution in [0.5, 0.6) is 0 Å². The molecule has 8 aromatic rings. The van der Waals surface area contributed by atoms with Crippen molar-refractivity contribution in [3.05, 3.63) is 190 Å². The van der Waals surface area contributed by atoms with Gasteiger partial charge in [0.05, 0.1) is 17.6 Å². The quantitative estimate of drug-likeness (QED) is 0.162. The zero-order chi connectivity index (χ0) is 37.1. The number of aromatic nitrogens is 1. The molecular formula is C54H41NO. The molecule has 0 atom stereocenters. The Kier molecular flexibility index (Phi) is 6.73. The fourth-order valence-electron chi connectivity index (χ4n) is 10.7. The number of nitrogens with zero attached hydrogens (tertiary/aromatic N) is 1. The zero-order valence-electron chi connectivity index (χ0n) is 31.8. The molecule has 0 saturated carbocycles. The smallest absolute Gasteiger partial charge is 0.122 e. The summed E-state index contributed by atoms with van der Waals surface area (Å²) in [5.41, 5.74) is 18.6. The summed E-state index contributed by atoms with van der Waals surface area (Å²) in [5, 5.41) is 7.93. The summed E-state index contributed by atoms with van der Waals surface area (Å²) in [4.78, 5) is 0. The standard InChI is InChI=1S/C54H41NO/c1-54(2)47-30-23-35-31-32-56-49-18-10-8-16-45(49)50(35)51(47)46-29-28-44-43-15-7-9-17-48(43)55(53(44)52(46)54)36-24-19-33(20-25-36)34-21-26-41-39-13-5-3-11-37(39)38-12-4-6-14-40(38)42(41)27-22-34/h3-7,9-15,17-26,28-30H,8,16,27,31-32H2,1-2H3. The molecule has 0 unspecified atom stereocenters. The highest BCUT2D eigenvalue weighted by atomic mass is 16.5. The second-order valence-electron chi connectivity index (χ2n) is 16.5. The largest absolute Gasteiger partial charge is 0.493 e. The zero-order valence-corrected chi connectivity index (χ0v) is 31.8. The molecule has 2 heteroatoms. The van der Waals surface area contributed by atoms with Crippen molar-refractivity contribution >= 4 is 60.6 Å². The minimum atomic E-state index is -0.191. The van der Waals surface area contributed by atoms with Crippen LogP contribution in [0.3, 0.4) is 0 Å². The van der Waals surface area contributed by atoms with E-state index in [-0.39, 0.29) is 5.41 Å². The average molecular weight is 720 g/mol. The summed E-state index contributed by atoms with van der Waals surface area (Å²) in [6.45, 7) is 5.60. The SMILES string of the molecule is CC1(C)c2ccc3c(c2-c2ccc4c5ccccc5n(-c5ccc(C6=CCc7c(c8ccccc8c8ccccc78)C=C6)cc5)c4c21)C1=C(C=CCC1)OCC3. The molecule has 268 valence electrons. The molecule has 0 saturated heterocycles. The third-order valence-electron chi connectivity index (χ3n) is 13.3. The lowest BCUT2D eigenvalue weighted by Gasteiger charge is -2.24. The fourth-order valence-corrected chi connectivity index (χ4v) is 10.7. The first kappa shape index (κ1) is 31.9. The van der Waals surface area contributed by atoms with E-state index >= 15 is 0 Å². The Morgan fingerprint density at radius 2 is 1.38 bits per heavy atom. The van der Waals surface area contributed by atoms with Crippen molar-refractivity contribution in [3.8, 4) is 16.8 Å². The summed E-state index contributed by atoms with van der Waals surface area (Å²) in [6, 6.07) is 45.7. The first-order valence-electron chi connectivity index (χ1n) is 20.2. The van der Waals surface area contributed by atoms with Gasteiger partial charge in [-0.05, 0) is 121 Å². The van der Waals surface area contributed by atoms with E-state index in [4.69, 9.17) is 4.74 Å². The van der Waals surface area contributed by atoms with Crippen LogP contribution >= 0.6 is 0 Å². The van der Waals surface area contributed by atoms with Crippen molar-refractivity contribution in [3.63, 3.8) is 0 Å². The molecule has 2 nitrogen and oxygen atoms in total. The van der Waals surface area contributed by atoms with Crippen molar-refractivity contribution in [1.29, 1.82) is 0 Å². The van der Waals surface area contributed by atoms with Crippen molar-refractivity contribution in [2.45, 2.75) is 44.9 Å². The van der Waals surface area contributed by atoms with E-state index in [1.165, 1.54) is 110 Å². The Morgan fingerprint density at radius 1 is 0.625 bits per heavy atom. The summed E-state index contributed by atoms with van der Waals surface area (Å²) in [5.74, 6) is 1.06. The molecule has 2 heterocycles. The highest BCUT2D eigenvalue weighted by molar-refractivity contribution is 6.15. The van der Waals surface area contributed by atoms with E-state index in [0.29, 0.717) is 0 Å². The number of benzene rings is 7. The van der Waals surface area contributed by atoms with Crippen LogP contribution in [0, 0.1) is 0 Å². The van der Waals surface area contributed by atoms with Crippen LogP contribution < -0.4 is 0 Å². The molecule has 0 bridgehead atoms. The van der Waals surface area contributed by atoms with Gasteiger partial charge in [-0.3, -0.25) is 0 Å². The van der Waals surface area contributed by atoms with E-state index in [1.807, 2.05) is 0 Å². The van der Waals surface area contributed by atoms with Crippen molar-refractivity contribution in [2.75, 3.05) is 6.61 Å². The second kappa shape index (κ2) is 11.8. The van der Waals surface area contributed by atoms with Crippen LogP contribution in [0.4, 0.5) is 0 Å². The lowest BCUT2D eigenvalue weighted by molar-refractivity contribution is 0.231. The highest BCUT2D eigenvalue weighted by Gasteiger charge is 2.41.